The Morgan fingerprint density at radius 1 is 1.10 bits per heavy atom. The molecule has 0 aromatic heterocycles. The van der Waals surface area contributed by atoms with Crippen molar-refractivity contribution in [3.63, 3.8) is 0 Å². The molecule has 0 aliphatic carbocycles. The third-order valence-electron chi connectivity index (χ3n) is 2.89. The number of urea groups is 1. The molecule has 4 N–H and O–H groups in total. The predicted molar refractivity (Wildman–Crippen MR) is 80.1 cm³/mol. The molecule has 6 heteroatoms. The van der Waals surface area contributed by atoms with E-state index in [4.69, 9.17) is 5.53 Å². The van der Waals surface area contributed by atoms with Crippen LogP contribution in [0, 0.1) is 5.53 Å². The Labute approximate surface area is 122 Å². The Hall–Kier alpha value is -2.89. The number of phenolic OH excluding ortho intramolecular Hbond substituents is 1. The summed E-state index contributed by atoms with van der Waals surface area (Å²) >= 11 is 0. The van der Waals surface area contributed by atoms with E-state index in [9.17, 15) is 9.90 Å². The Morgan fingerprint density at radius 3 is 2.38 bits per heavy atom. The van der Waals surface area contributed by atoms with Gasteiger partial charge in [0.05, 0.1) is 5.69 Å². The largest absolute Gasteiger partial charge is 0.508 e. The standard InChI is InChI=1S/C15H16N4O2/c16-19-13-5-3-12(4-6-13)18-15(21)17-10-9-11-1-7-14(20)8-2-11/h1-8,16,20H,9-10H2,(H2,17,18,21). The maximum Gasteiger partial charge on any atom is 0.319 e. The van der Waals surface area contributed by atoms with Crippen molar-refractivity contribution in [1.82, 2.24) is 5.32 Å². The third kappa shape index (κ3) is 4.61. The van der Waals surface area contributed by atoms with E-state index >= 15 is 0 Å². The Kier molecular flexibility index (Phi) is 4.87. The first-order chi connectivity index (χ1) is 10.2. The number of rotatable bonds is 5. The molecule has 0 heterocycles. The van der Waals surface area contributed by atoms with Crippen LogP contribution in [0.25, 0.3) is 0 Å². The molecule has 0 bridgehead atoms. The quantitative estimate of drug-likeness (QED) is 0.633. The zero-order valence-corrected chi connectivity index (χ0v) is 11.3. The summed E-state index contributed by atoms with van der Waals surface area (Å²) in [5.41, 5.74) is 9.07. The molecule has 108 valence electrons. The van der Waals surface area contributed by atoms with Gasteiger partial charge in [-0.2, -0.15) is 5.11 Å². The lowest BCUT2D eigenvalue weighted by molar-refractivity contribution is 0.252. The van der Waals surface area contributed by atoms with Gasteiger partial charge in [0.2, 0.25) is 0 Å². The van der Waals surface area contributed by atoms with Gasteiger partial charge < -0.3 is 15.7 Å². The summed E-state index contributed by atoms with van der Waals surface area (Å²) in [4.78, 5) is 11.7. The minimum atomic E-state index is -0.288. The van der Waals surface area contributed by atoms with Gasteiger partial charge in [0.15, 0.2) is 0 Å². The molecular formula is C15H16N4O2. The summed E-state index contributed by atoms with van der Waals surface area (Å²) in [7, 11) is 0. The zero-order valence-electron chi connectivity index (χ0n) is 11.3. The second-order valence-corrected chi connectivity index (χ2v) is 4.46. The molecule has 2 aromatic rings. The van der Waals surface area contributed by atoms with Crippen LogP contribution in [-0.4, -0.2) is 17.7 Å². The van der Waals surface area contributed by atoms with Crippen molar-refractivity contribution in [3.8, 4) is 5.75 Å². The molecule has 21 heavy (non-hydrogen) atoms. The fourth-order valence-corrected chi connectivity index (χ4v) is 1.78. The molecule has 2 rings (SSSR count). The number of carbonyl (C=O) groups is 1. The molecular weight excluding hydrogens is 268 g/mol. The summed E-state index contributed by atoms with van der Waals surface area (Å²) in [6.07, 6.45) is 0.685. The van der Waals surface area contributed by atoms with E-state index in [1.165, 1.54) is 0 Å². The number of anilines is 1. The van der Waals surface area contributed by atoms with E-state index < -0.39 is 0 Å². The molecule has 0 fully saturated rings. The number of nitrogens with zero attached hydrogens (tertiary/aromatic N) is 1. The van der Waals surface area contributed by atoms with Gasteiger partial charge in [-0.15, -0.1) is 0 Å². The second kappa shape index (κ2) is 7.04. The summed E-state index contributed by atoms with van der Waals surface area (Å²) < 4.78 is 0. The highest BCUT2D eigenvalue weighted by molar-refractivity contribution is 5.89. The van der Waals surface area contributed by atoms with Crippen LogP contribution in [-0.2, 0) is 6.42 Å². The first kappa shape index (κ1) is 14.5. The molecule has 0 unspecified atom stereocenters. The van der Waals surface area contributed by atoms with Crippen LogP contribution in [0.4, 0.5) is 16.2 Å². The van der Waals surface area contributed by atoms with Crippen molar-refractivity contribution in [2.24, 2.45) is 5.11 Å². The minimum absolute atomic E-state index is 0.229. The molecule has 6 nitrogen and oxygen atoms in total. The van der Waals surface area contributed by atoms with Crippen molar-refractivity contribution in [2.45, 2.75) is 6.42 Å². The lowest BCUT2D eigenvalue weighted by atomic mass is 10.1. The van der Waals surface area contributed by atoms with E-state index in [2.05, 4.69) is 15.7 Å². The number of aromatic hydroxyl groups is 1. The maximum atomic E-state index is 11.7. The number of nitrogens with one attached hydrogen (secondary N) is 3. The molecule has 0 aliphatic rings. The van der Waals surface area contributed by atoms with Crippen molar-refractivity contribution in [2.75, 3.05) is 11.9 Å². The topological polar surface area (TPSA) is 97.6 Å². The van der Waals surface area contributed by atoms with Gasteiger partial charge in [0.25, 0.3) is 0 Å². The molecule has 0 radical (unpaired) electrons. The van der Waals surface area contributed by atoms with E-state index in [0.29, 0.717) is 24.3 Å². The van der Waals surface area contributed by atoms with E-state index in [-0.39, 0.29) is 11.8 Å². The van der Waals surface area contributed by atoms with Gasteiger partial charge in [-0.1, -0.05) is 12.1 Å². The van der Waals surface area contributed by atoms with Crippen LogP contribution < -0.4 is 10.6 Å². The average molecular weight is 284 g/mol. The Morgan fingerprint density at radius 2 is 1.76 bits per heavy atom. The summed E-state index contributed by atoms with van der Waals surface area (Å²) in [5.74, 6) is 0.229. The smallest absolute Gasteiger partial charge is 0.319 e. The van der Waals surface area contributed by atoms with Crippen LogP contribution in [0.15, 0.2) is 53.6 Å². The highest BCUT2D eigenvalue weighted by atomic mass is 16.3. The number of hydrogen-bond donors (Lipinski definition) is 4. The van der Waals surface area contributed by atoms with Gasteiger partial charge in [0.1, 0.15) is 5.75 Å². The number of phenols is 1. The first-order valence-electron chi connectivity index (χ1n) is 6.47. The Balaban J connectivity index is 1.76. The molecule has 0 spiro atoms. The van der Waals surface area contributed by atoms with Gasteiger partial charge in [-0.05, 0) is 48.4 Å². The molecule has 0 saturated carbocycles. The van der Waals surface area contributed by atoms with Crippen molar-refractivity contribution in [3.05, 3.63) is 54.1 Å². The SMILES string of the molecule is N=Nc1ccc(NC(=O)NCCc2ccc(O)cc2)cc1. The summed E-state index contributed by atoms with van der Waals surface area (Å²) in [5, 5.41) is 17.9. The maximum absolute atomic E-state index is 11.7. The van der Waals surface area contributed by atoms with Gasteiger partial charge in [0, 0.05) is 12.2 Å². The second-order valence-electron chi connectivity index (χ2n) is 4.46. The predicted octanol–water partition coefficient (Wildman–Crippen LogP) is 3.42. The minimum Gasteiger partial charge on any atom is -0.508 e. The van der Waals surface area contributed by atoms with E-state index in [0.717, 1.165) is 5.56 Å². The van der Waals surface area contributed by atoms with E-state index in [1.54, 1.807) is 36.4 Å². The lowest BCUT2D eigenvalue weighted by Crippen LogP contribution is -2.30. The van der Waals surface area contributed by atoms with Gasteiger partial charge >= 0.3 is 6.03 Å². The van der Waals surface area contributed by atoms with Crippen molar-refractivity contribution >= 4 is 17.4 Å². The molecule has 0 saturated heterocycles. The molecule has 0 atom stereocenters. The van der Waals surface area contributed by atoms with Crippen LogP contribution >= 0.6 is 0 Å². The lowest BCUT2D eigenvalue weighted by Gasteiger charge is -2.08. The highest BCUT2D eigenvalue weighted by Gasteiger charge is 2.01. The molecule has 0 aliphatic heterocycles. The highest BCUT2D eigenvalue weighted by Crippen LogP contribution is 2.15. The number of amides is 2. The average Bonchev–Trinajstić information content (AvgIpc) is 2.50. The van der Waals surface area contributed by atoms with Crippen molar-refractivity contribution in [1.29, 1.82) is 5.53 Å². The number of carbonyl (C=O) groups excluding carboxylic acids is 1. The number of hydrogen-bond acceptors (Lipinski definition) is 4. The molecule has 2 amide bonds. The number of benzene rings is 2. The monoisotopic (exact) mass is 284 g/mol. The fourth-order valence-electron chi connectivity index (χ4n) is 1.78. The van der Waals surface area contributed by atoms with Crippen LogP contribution in [0.5, 0.6) is 5.75 Å². The van der Waals surface area contributed by atoms with Crippen LogP contribution in [0.3, 0.4) is 0 Å². The summed E-state index contributed by atoms with van der Waals surface area (Å²) in [6.45, 7) is 0.497. The molecule has 2 aromatic carbocycles. The van der Waals surface area contributed by atoms with Gasteiger partial charge in [-0.25, -0.2) is 10.3 Å². The van der Waals surface area contributed by atoms with E-state index in [1.807, 2.05) is 12.1 Å². The van der Waals surface area contributed by atoms with Crippen LogP contribution in [0.2, 0.25) is 0 Å². The third-order valence-corrected chi connectivity index (χ3v) is 2.89. The zero-order chi connectivity index (χ0) is 15.1. The normalized spacial score (nSPS) is 9.90. The van der Waals surface area contributed by atoms with Crippen LogP contribution in [0.1, 0.15) is 5.56 Å². The van der Waals surface area contributed by atoms with Crippen molar-refractivity contribution < 1.29 is 9.90 Å². The Bertz CT molecular complexity index is 609. The summed E-state index contributed by atoms with van der Waals surface area (Å²) in [6, 6.07) is 13.3. The fraction of sp³-hybridized carbons (Fsp3) is 0.133. The van der Waals surface area contributed by atoms with Gasteiger partial charge in [-0.3, -0.25) is 0 Å². The first-order valence-corrected chi connectivity index (χ1v) is 6.47.